The standard InChI is InChI=1S/C13H21NO3/c1-10(2)14-9-11-4-5-12(16-3)13(8-11)17-7-6-15/h4-5,8,10,14-15H,6-7,9H2,1-3H3. The predicted molar refractivity (Wildman–Crippen MR) is 67.6 cm³/mol. The van der Waals surface area contributed by atoms with E-state index in [0.29, 0.717) is 17.5 Å². The van der Waals surface area contributed by atoms with Gasteiger partial charge in [-0.2, -0.15) is 0 Å². The molecule has 0 amide bonds. The smallest absolute Gasteiger partial charge is 0.161 e. The number of ether oxygens (including phenoxy) is 2. The first-order valence-corrected chi connectivity index (χ1v) is 5.81. The highest BCUT2D eigenvalue weighted by atomic mass is 16.5. The van der Waals surface area contributed by atoms with E-state index >= 15 is 0 Å². The van der Waals surface area contributed by atoms with Crippen LogP contribution < -0.4 is 14.8 Å². The van der Waals surface area contributed by atoms with Crippen LogP contribution in [0.1, 0.15) is 19.4 Å². The van der Waals surface area contributed by atoms with Crippen LogP contribution in [-0.4, -0.2) is 31.5 Å². The van der Waals surface area contributed by atoms with Crippen molar-refractivity contribution in [2.24, 2.45) is 0 Å². The van der Waals surface area contributed by atoms with E-state index in [1.165, 1.54) is 0 Å². The van der Waals surface area contributed by atoms with E-state index in [1.807, 2.05) is 18.2 Å². The number of aliphatic hydroxyl groups excluding tert-OH is 1. The number of hydrogen-bond donors (Lipinski definition) is 2. The molecule has 1 aromatic rings. The van der Waals surface area contributed by atoms with E-state index in [-0.39, 0.29) is 13.2 Å². The van der Waals surface area contributed by atoms with Crippen molar-refractivity contribution in [1.29, 1.82) is 0 Å². The molecule has 0 aliphatic rings. The zero-order chi connectivity index (χ0) is 12.7. The molecule has 0 radical (unpaired) electrons. The summed E-state index contributed by atoms with van der Waals surface area (Å²) in [5.41, 5.74) is 1.13. The SMILES string of the molecule is COc1ccc(CNC(C)C)cc1OCCO. The summed E-state index contributed by atoms with van der Waals surface area (Å²) in [4.78, 5) is 0. The van der Waals surface area contributed by atoms with Gasteiger partial charge in [-0.05, 0) is 17.7 Å². The molecule has 0 aromatic heterocycles. The fourth-order valence-corrected chi connectivity index (χ4v) is 1.42. The molecule has 2 N–H and O–H groups in total. The molecule has 0 atom stereocenters. The Kier molecular flexibility index (Phi) is 5.80. The molecule has 1 aromatic carbocycles. The van der Waals surface area contributed by atoms with E-state index in [4.69, 9.17) is 14.6 Å². The molecule has 4 heteroatoms. The van der Waals surface area contributed by atoms with Crippen molar-refractivity contribution in [3.8, 4) is 11.5 Å². The van der Waals surface area contributed by atoms with Crippen molar-refractivity contribution in [2.45, 2.75) is 26.4 Å². The Morgan fingerprint density at radius 3 is 2.65 bits per heavy atom. The highest BCUT2D eigenvalue weighted by Gasteiger charge is 2.05. The number of hydrogen-bond acceptors (Lipinski definition) is 4. The van der Waals surface area contributed by atoms with Gasteiger partial charge in [0.1, 0.15) is 6.61 Å². The summed E-state index contributed by atoms with van der Waals surface area (Å²) in [7, 11) is 1.60. The van der Waals surface area contributed by atoms with Gasteiger partial charge in [0.05, 0.1) is 13.7 Å². The second-order valence-corrected chi connectivity index (χ2v) is 4.09. The molecule has 0 saturated heterocycles. The molecule has 0 aliphatic carbocycles. The third-order valence-electron chi connectivity index (χ3n) is 2.29. The highest BCUT2D eigenvalue weighted by Crippen LogP contribution is 2.27. The summed E-state index contributed by atoms with van der Waals surface area (Å²) in [6.45, 7) is 5.27. The zero-order valence-electron chi connectivity index (χ0n) is 10.7. The number of nitrogens with one attached hydrogen (secondary N) is 1. The Hall–Kier alpha value is -1.26. The van der Waals surface area contributed by atoms with Crippen molar-refractivity contribution < 1.29 is 14.6 Å². The molecule has 1 rings (SSSR count). The fourth-order valence-electron chi connectivity index (χ4n) is 1.42. The second-order valence-electron chi connectivity index (χ2n) is 4.09. The van der Waals surface area contributed by atoms with Gasteiger partial charge in [-0.3, -0.25) is 0 Å². The largest absolute Gasteiger partial charge is 0.493 e. The van der Waals surface area contributed by atoms with Crippen LogP contribution in [0, 0.1) is 0 Å². The summed E-state index contributed by atoms with van der Waals surface area (Å²) in [6.07, 6.45) is 0. The lowest BCUT2D eigenvalue weighted by Crippen LogP contribution is -2.21. The lowest BCUT2D eigenvalue weighted by molar-refractivity contribution is 0.196. The molecule has 0 spiro atoms. The number of aliphatic hydroxyl groups is 1. The van der Waals surface area contributed by atoms with Gasteiger partial charge in [-0.1, -0.05) is 19.9 Å². The van der Waals surface area contributed by atoms with E-state index < -0.39 is 0 Å². The van der Waals surface area contributed by atoms with Gasteiger partial charge in [0.15, 0.2) is 11.5 Å². The minimum atomic E-state index is -0.00236. The van der Waals surface area contributed by atoms with Gasteiger partial charge < -0.3 is 19.9 Å². The van der Waals surface area contributed by atoms with Crippen molar-refractivity contribution in [2.75, 3.05) is 20.3 Å². The van der Waals surface area contributed by atoms with Crippen molar-refractivity contribution >= 4 is 0 Å². The molecule has 17 heavy (non-hydrogen) atoms. The Morgan fingerprint density at radius 2 is 2.06 bits per heavy atom. The minimum absolute atomic E-state index is 0.00236. The van der Waals surface area contributed by atoms with Gasteiger partial charge >= 0.3 is 0 Å². The molecule has 0 saturated carbocycles. The summed E-state index contributed by atoms with van der Waals surface area (Å²) >= 11 is 0. The fraction of sp³-hybridized carbons (Fsp3) is 0.538. The van der Waals surface area contributed by atoms with E-state index in [0.717, 1.165) is 12.1 Å². The van der Waals surface area contributed by atoms with Gasteiger partial charge in [0, 0.05) is 12.6 Å². The summed E-state index contributed by atoms with van der Waals surface area (Å²) in [5.74, 6) is 1.36. The van der Waals surface area contributed by atoms with E-state index in [2.05, 4.69) is 19.2 Å². The molecule has 0 unspecified atom stereocenters. The van der Waals surface area contributed by atoms with E-state index in [1.54, 1.807) is 7.11 Å². The number of methoxy groups -OCH3 is 1. The Labute approximate surface area is 103 Å². The van der Waals surface area contributed by atoms with Crippen LogP contribution in [0.4, 0.5) is 0 Å². The first-order chi connectivity index (χ1) is 8.17. The molecule has 0 heterocycles. The number of benzene rings is 1. The molecule has 0 bridgehead atoms. The zero-order valence-corrected chi connectivity index (χ0v) is 10.7. The van der Waals surface area contributed by atoms with Crippen LogP contribution in [-0.2, 0) is 6.54 Å². The maximum atomic E-state index is 8.76. The van der Waals surface area contributed by atoms with Gasteiger partial charge in [0.25, 0.3) is 0 Å². The third kappa shape index (κ3) is 4.63. The molecule has 0 fully saturated rings. The predicted octanol–water partition coefficient (Wildman–Crippen LogP) is 1.56. The van der Waals surface area contributed by atoms with Gasteiger partial charge in [0.2, 0.25) is 0 Å². The maximum absolute atomic E-state index is 8.76. The molecule has 0 aliphatic heterocycles. The Morgan fingerprint density at radius 1 is 1.29 bits per heavy atom. The van der Waals surface area contributed by atoms with Crippen LogP contribution >= 0.6 is 0 Å². The first-order valence-electron chi connectivity index (χ1n) is 5.81. The molecule has 96 valence electrons. The van der Waals surface area contributed by atoms with Crippen molar-refractivity contribution in [3.63, 3.8) is 0 Å². The highest BCUT2D eigenvalue weighted by molar-refractivity contribution is 5.42. The van der Waals surface area contributed by atoms with Gasteiger partial charge in [-0.25, -0.2) is 0 Å². The normalized spacial score (nSPS) is 10.6. The van der Waals surface area contributed by atoms with E-state index in [9.17, 15) is 0 Å². The van der Waals surface area contributed by atoms with Crippen LogP contribution in [0.2, 0.25) is 0 Å². The first kappa shape index (κ1) is 13.8. The lowest BCUT2D eigenvalue weighted by atomic mass is 10.2. The molecular formula is C13H21NO3. The maximum Gasteiger partial charge on any atom is 0.161 e. The Bertz CT molecular complexity index is 339. The third-order valence-corrected chi connectivity index (χ3v) is 2.29. The Balaban J connectivity index is 2.73. The summed E-state index contributed by atoms with van der Waals surface area (Å²) in [5, 5.41) is 12.1. The lowest BCUT2D eigenvalue weighted by Gasteiger charge is -2.13. The topological polar surface area (TPSA) is 50.7 Å². The van der Waals surface area contributed by atoms with Crippen LogP contribution in [0.25, 0.3) is 0 Å². The van der Waals surface area contributed by atoms with Crippen LogP contribution in [0.5, 0.6) is 11.5 Å². The van der Waals surface area contributed by atoms with Crippen LogP contribution in [0.15, 0.2) is 18.2 Å². The molecule has 4 nitrogen and oxygen atoms in total. The summed E-state index contributed by atoms with van der Waals surface area (Å²) in [6, 6.07) is 6.26. The average Bonchev–Trinajstić information content (AvgIpc) is 2.33. The summed E-state index contributed by atoms with van der Waals surface area (Å²) < 4.78 is 10.6. The quantitative estimate of drug-likeness (QED) is 0.758. The van der Waals surface area contributed by atoms with Gasteiger partial charge in [-0.15, -0.1) is 0 Å². The van der Waals surface area contributed by atoms with Crippen molar-refractivity contribution in [1.82, 2.24) is 5.32 Å². The minimum Gasteiger partial charge on any atom is -0.493 e. The van der Waals surface area contributed by atoms with Crippen molar-refractivity contribution in [3.05, 3.63) is 23.8 Å². The second kappa shape index (κ2) is 7.14. The molecular weight excluding hydrogens is 218 g/mol. The van der Waals surface area contributed by atoms with Crippen LogP contribution in [0.3, 0.4) is 0 Å². The monoisotopic (exact) mass is 239 g/mol. The number of rotatable bonds is 7. The average molecular weight is 239 g/mol.